The van der Waals surface area contributed by atoms with Crippen LogP contribution in [0.4, 0.5) is 0 Å². The summed E-state index contributed by atoms with van der Waals surface area (Å²) in [7, 11) is 0. The summed E-state index contributed by atoms with van der Waals surface area (Å²) in [6.07, 6.45) is 6.04. The Morgan fingerprint density at radius 3 is 2.49 bits per heavy atom. The van der Waals surface area contributed by atoms with E-state index >= 15 is 0 Å². The molecular weight excluding hydrogens is 599 g/mol. The van der Waals surface area contributed by atoms with E-state index in [4.69, 9.17) is 18.9 Å². The van der Waals surface area contributed by atoms with Crippen LogP contribution in [-0.2, 0) is 28.5 Å². The van der Waals surface area contributed by atoms with Gasteiger partial charge in [-0.05, 0) is 63.6 Å². The summed E-state index contributed by atoms with van der Waals surface area (Å²) in [6, 6.07) is 0. The number of morpholine rings is 1. The van der Waals surface area contributed by atoms with Gasteiger partial charge in [0.15, 0.2) is 0 Å². The third kappa shape index (κ3) is 4.34. The molecule has 0 spiro atoms. The molecule has 0 bridgehead atoms. The third-order valence-corrected chi connectivity index (χ3v) is 10.4. The zero-order chi connectivity index (χ0) is 24.4. The van der Waals surface area contributed by atoms with Gasteiger partial charge in [-0.15, -0.1) is 5.41 Å². The molecule has 1 radical (unpaired) electrons. The number of hydrogen-bond acceptors (Lipinski definition) is 7. The van der Waals surface area contributed by atoms with Crippen LogP contribution in [0, 0.1) is 66.4 Å². The van der Waals surface area contributed by atoms with Crippen molar-refractivity contribution in [3.63, 3.8) is 0 Å². The van der Waals surface area contributed by atoms with Gasteiger partial charge in [0.05, 0.1) is 36.6 Å². The number of carbonyl (C=O) groups is 2. The van der Waals surface area contributed by atoms with Crippen LogP contribution in [0.15, 0.2) is 11.6 Å². The topological polar surface area (TPSA) is 74.3 Å². The number of cyclic esters (lactones) is 1. The Morgan fingerprint density at radius 2 is 1.86 bits per heavy atom. The normalized spacial score (nSPS) is 45.6. The second-order valence-electron chi connectivity index (χ2n) is 11.9. The van der Waals surface area contributed by atoms with Crippen LogP contribution in [0.5, 0.6) is 0 Å². The van der Waals surface area contributed by atoms with E-state index in [-0.39, 0.29) is 83.7 Å². The van der Waals surface area contributed by atoms with Gasteiger partial charge in [-0.3, -0.25) is 11.3 Å². The Hall–Kier alpha value is -0.180. The van der Waals surface area contributed by atoms with E-state index in [9.17, 15) is 9.59 Å². The Balaban J connectivity index is 0.00000289. The number of nitrogens with zero attached hydrogens (tertiary/aromatic N) is 1. The molecule has 3 aliphatic heterocycles. The van der Waals surface area contributed by atoms with Crippen LogP contribution in [0.1, 0.15) is 66.7 Å². The largest absolute Gasteiger partial charge is 0.465 e. The summed E-state index contributed by atoms with van der Waals surface area (Å²) in [5, 5.41) is 0. The van der Waals surface area contributed by atoms with E-state index in [2.05, 4.69) is 39.1 Å². The molecule has 8 heteroatoms. The summed E-state index contributed by atoms with van der Waals surface area (Å²) < 4.78 is 23.5. The number of carbonyl (C=O) groups excluding carboxylic acids is 2. The van der Waals surface area contributed by atoms with Gasteiger partial charge in [0.2, 0.25) is 0 Å². The monoisotopic (exact) mass is 639 g/mol. The SMILES string of the molecule is CC(=O)O[C@@H]1CC[C@]2(C)[C@H](CC[C@@]3(C)O[C@H](C4=CCOC4=O)C[C@]32C)[C@]1(C)[CH-]N1CCOCC1.[Ho]. The van der Waals surface area contributed by atoms with E-state index in [1.807, 2.05) is 6.08 Å². The van der Waals surface area contributed by atoms with Gasteiger partial charge in [0, 0.05) is 50.1 Å². The molecule has 2 aliphatic carbocycles. The van der Waals surface area contributed by atoms with Crippen LogP contribution in [-0.4, -0.2) is 67.6 Å². The first-order valence-corrected chi connectivity index (χ1v) is 12.9. The standard InChI is InChI=1S/C27H40NO6.Ho/c1-18(29)33-22-7-9-25(3)21(24(22,2)17-28-11-14-31-15-12-28)6-10-27(5)26(25,4)16-20(34-27)19-8-13-32-23(19)30;/h8,17,20-22H,6-7,9-16H2,1-5H3;/q-1;/t20-,21+,22+,24-,25+,26-,27+;/m0./s1. The fraction of sp³-hybridized carbons (Fsp3) is 0.815. The minimum atomic E-state index is -0.319. The van der Waals surface area contributed by atoms with E-state index in [1.165, 1.54) is 6.92 Å². The summed E-state index contributed by atoms with van der Waals surface area (Å²) in [6.45, 7) is 16.8. The molecule has 2 saturated carbocycles. The van der Waals surface area contributed by atoms with Crippen molar-refractivity contribution in [3.8, 4) is 0 Å². The first kappa shape index (κ1) is 27.8. The number of rotatable bonds is 4. The number of fused-ring (bicyclic) bond motifs is 3. The van der Waals surface area contributed by atoms with Gasteiger partial charge in [0.1, 0.15) is 6.61 Å². The van der Waals surface area contributed by atoms with Gasteiger partial charge >= 0.3 is 11.9 Å². The average molecular weight is 640 g/mol. The zero-order valence-corrected chi connectivity index (χ0v) is 23.6. The molecule has 7 nitrogen and oxygen atoms in total. The maximum atomic E-state index is 12.4. The maximum Gasteiger partial charge on any atom is 0.336 e. The molecular formula is C27H40HoNO6-. The molecule has 4 fully saturated rings. The molecule has 0 aromatic carbocycles. The van der Waals surface area contributed by atoms with Gasteiger partial charge in [-0.25, -0.2) is 4.79 Å². The second kappa shape index (κ2) is 9.85. The molecule has 35 heavy (non-hydrogen) atoms. The quantitative estimate of drug-likeness (QED) is 0.264. The maximum absolute atomic E-state index is 12.4. The van der Waals surface area contributed by atoms with E-state index in [0.717, 1.165) is 58.4 Å². The smallest absolute Gasteiger partial charge is 0.336 e. The van der Waals surface area contributed by atoms with Crippen molar-refractivity contribution in [2.75, 3.05) is 32.9 Å². The van der Waals surface area contributed by atoms with Crippen molar-refractivity contribution in [1.82, 2.24) is 4.90 Å². The number of hydrogen-bond donors (Lipinski definition) is 0. The minimum Gasteiger partial charge on any atom is -0.465 e. The van der Waals surface area contributed by atoms with Gasteiger partial charge in [0.25, 0.3) is 0 Å². The molecule has 5 aliphatic rings. The van der Waals surface area contributed by atoms with Crippen molar-refractivity contribution in [2.24, 2.45) is 22.2 Å². The van der Waals surface area contributed by atoms with Crippen molar-refractivity contribution in [2.45, 2.75) is 84.5 Å². The van der Waals surface area contributed by atoms with Crippen molar-refractivity contribution >= 4 is 11.9 Å². The molecule has 3 heterocycles. The van der Waals surface area contributed by atoms with Gasteiger partial charge < -0.3 is 23.8 Å². The molecule has 5 rings (SSSR count). The predicted molar refractivity (Wildman–Crippen MR) is 125 cm³/mol. The van der Waals surface area contributed by atoms with Crippen molar-refractivity contribution in [1.29, 1.82) is 0 Å². The van der Waals surface area contributed by atoms with Crippen LogP contribution in [0.2, 0.25) is 0 Å². The molecule has 0 unspecified atom stereocenters. The molecule has 0 N–H and O–H groups in total. The van der Waals surface area contributed by atoms with E-state index in [0.29, 0.717) is 18.1 Å². The number of ether oxygens (including phenoxy) is 4. The Kier molecular flexibility index (Phi) is 7.83. The van der Waals surface area contributed by atoms with Gasteiger partial charge in [-0.1, -0.05) is 26.7 Å². The summed E-state index contributed by atoms with van der Waals surface area (Å²) >= 11 is 0. The fourth-order valence-electron chi connectivity index (χ4n) is 8.25. The fourth-order valence-corrected chi connectivity index (χ4v) is 8.25. The van der Waals surface area contributed by atoms with Crippen LogP contribution in [0.3, 0.4) is 0 Å². The third-order valence-electron chi connectivity index (χ3n) is 10.4. The van der Waals surface area contributed by atoms with Crippen LogP contribution in [0.25, 0.3) is 0 Å². The van der Waals surface area contributed by atoms with E-state index < -0.39 is 0 Å². The molecule has 2 saturated heterocycles. The Labute approximate surface area is 239 Å². The molecule has 7 atom stereocenters. The molecule has 0 aromatic rings. The summed E-state index contributed by atoms with van der Waals surface area (Å²) in [5.74, 6) is -0.120. The van der Waals surface area contributed by atoms with Gasteiger partial charge in [-0.2, -0.15) is 0 Å². The van der Waals surface area contributed by atoms with E-state index in [1.54, 1.807) is 0 Å². The first-order valence-electron chi connectivity index (χ1n) is 12.9. The predicted octanol–water partition coefficient (Wildman–Crippen LogP) is 3.67. The molecule has 0 amide bonds. The van der Waals surface area contributed by atoms with Crippen molar-refractivity contribution in [3.05, 3.63) is 18.2 Å². The average Bonchev–Trinajstić information content (AvgIpc) is 3.32. The Morgan fingerprint density at radius 1 is 1.14 bits per heavy atom. The number of esters is 2. The van der Waals surface area contributed by atoms with Crippen molar-refractivity contribution < 1.29 is 66.3 Å². The van der Waals surface area contributed by atoms with Crippen LogP contribution >= 0.6 is 0 Å². The first-order chi connectivity index (χ1) is 16.0. The summed E-state index contributed by atoms with van der Waals surface area (Å²) in [5.41, 5.74) is -0.0803. The zero-order valence-electron chi connectivity index (χ0n) is 21.7. The second-order valence-corrected chi connectivity index (χ2v) is 11.9. The van der Waals surface area contributed by atoms with Crippen LogP contribution < -0.4 is 0 Å². The minimum absolute atomic E-state index is 0. The molecule has 201 valence electrons. The summed E-state index contributed by atoms with van der Waals surface area (Å²) in [4.78, 5) is 26.8. The molecule has 0 aromatic heterocycles. The Bertz CT molecular complexity index is 889.